The summed E-state index contributed by atoms with van der Waals surface area (Å²) in [5.74, 6) is -0.948. The largest absolute Gasteiger partial charge is 0.481 e. The molecule has 0 unspecified atom stereocenters. The van der Waals surface area contributed by atoms with Crippen LogP contribution in [0.5, 0.6) is 0 Å². The highest BCUT2D eigenvalue weighted by molar-refractivity contribution is 7.91. The molecule has 3 N–H and O–H groups in total. The molecule has 5 nitrogen and oxygen atoms in total. The van der Waals surface area contributed by atoms with Crippen LogP contribution in [0.3, 0.4) is 0 Å². The van der Waals surface area contributed by atoms with Crippen molar-refractivity contribution in [3.05, 3.63) is 29.8 Å². The Morgan fingerprint density at radius 2 is 1.83 bits per heavy atom. The Balaban J connectivity index is 0.00000289. The highest BCUT2D eigenvalue weighted by Crippen LogP contribution is 2.18. The minimum atomic E-state index is -3.22. The third-order valence-corrected chi connectivity index (χ3v) is 4.19. The van der Waals surface area contributed by atoms with Crippen molar-refractivity contribution in [3.8, 4) is 0 Å². The van der Waals surface area contributed by atoms with Crippen molar-refractivity contribution >= 4 is 28.2 Å². The van der Waals surface area contributed by atoms with Crippen molar-refractivity contribution in [1.82, 2.24) is 0 Å². The average Bonchev–Trinajstić information content (AvgIpc) is 2.28. The van der Waals surface area contributed by atoms with E-state index in [1.165, 1.54) is 12.1 Å². The monoisotopic (exact) mass is 293 g/mol. The molecule has 0 amide bonds. The quantitative estimate of drug-likeness (QED) is 0.854. The lowest BCUT2D eigenvalue weighted by Crippen LogP contribution is -2.15. The van der Waals surface area contributed by atoms with Gasteiger partial charge in [0.25, 0.3) is 0 Å². The maximum absolute atomic E-state index is 11.5. The zero-order chi connectivity index (χ0) is 13.1. The summed E-state index contributed by atoms with van der Waals surface area (Å²) in [6, 6.07) is 5.39. The fraction of sp³-hybridized carbons (Fsp3) is 0.364. The number of halogens is 1. The molecule has 1 rings (SSSR count). The molecule has 102 valence electrons. The predicted molar refractivity (Wildman–Crippen MR) is 70.6 cm³/mol. The Morgan fingerprint density at radius 3 is 2.22 bits per heavy atom. The Bertz CT molecular complexity index is 498. The van der Waals surface area contributed by atoms with E-state index in [9.17, 15) is 13.2 Å². The van der Waals surface area contributed by atoms with Crippen LogP contribution in [-0.4, -0.2) is 25.2 Å². The second-order valence-electron chi connectivity index (χ2n) is 3.68. The SMILES string of the molecule is CCS(=O)(=O)c1ccc([C@@H](N)CC(=O)O)cc1.Cl. The number of rotatable bonds is 5. The molecule has 18 heavy (non-hydrogen) atoms. The predicted octanol–water partition coefficient (Wildman–Crippen LogP) is 1.38. The van der Waals surface area contributed by atoms with Gasteiger partial charge in [0.2, 0.25) is 0 Å². The summed E-state index contributed by atoms with van der Waals surface area (Å²) in [6.07, 6.45) is -0.181. The van der Waals surface area contributed by atoms with Gasteiger partial charge in [-0.1, -0.05) is 19.1 Å². The molecule has 0 radical (unpaired) electrons. The number of carbonyl (C=O) groups is 1. The molecule has 0 aliphatic rings. The van der Waals surface area contributed by atoms with Crippen molar-refractivity contribution in [3.63, 3.8) is 0 Å². The number of aliphatic carboxylic acids is 1. The summed E-state index contributed by atoms with van der Waals surface area (Å²) >= 11 is 0. The molecule has 0 aliphatic heterocycles. The van der Waals surface area contributed by atoms with Gasteiger partial charge >= 0.3 is 5.97 Å². The van der Waals surface area contributed by atoms with Crippen molar-refractivity contribution < 1.29 is 18.3 Å². The van der Waals surface area contributed by atoms with Crippen LogP contribution in [0.4, 0.5) is 0 Å². The first-order valence-corrected chi connectivity index (χ1v) is 6.82. The second kappa shape index (κ2) is 6.72. The molecule has 0 saturated carbocycles. The lowest BCUT2D eigenvalue weighted by Gasteiger charge is -2.10. The van der Waals surface area contributed by atoms with E-state index in [1.54, 1.807) is 19.1 Å². The summed E-state index contributed by atoms with van der Waals surface area (Å²) in [6.45, 7) is 1.57. The standard InChI is InChI=1S/C11H15NO4S.ClH/c1-2-17(15,16)9-5-3-8(4-6-9)10(12)7-11(13)14;/h3-6,10H,2,7,12H2,1H3,(H,13,14);1H/t10-;/m0./s1. The summed E-state index contributed by atoms with van der Waals surface area (Å²) in [4.78, 5) is 10.7. The molecule has 0 heterocycles. The molecule has 0 spiro atoms. The van der Waals surface area contributed by atoms with Gasteiger partial charge in [-0.05, 0) is 17.7 Å². The zero-order valence-electron chi connectivity index (χ0n) is 9.87. The Kier molecular flexibility index (Phi) is 6.31. The van der Waals surface area contributed by atoms with Crippen molar-refractivity contribution in [1.29, 1.82) is 0 Å². The number of carboxylic acid groups (broad SMARTS) is 1. The van der Waals surface area contributed by atoms with Gasteiger partial charge in [-0.25, -0.2) is 8.42 Å². The van der Waals surface area contributed by atoms with Crippen LogP contribution < -0.4 is 5.73 Å². The van der Waals surface area contributed by atoms with E-state index in [-0.39, 0.29) is 29.5 Å². The molecular formula is C11H16ClNO4S. The molecule has 0 aromatic heterocycles. The van der Waals surface area contributed by atoms with Crippen LogP contribution in [0, 0.1) is 0 Å². The van der Waals surface area contributed by atoms with E-state index in [4.69, 9.17) is 10.8 Å². The molecule has 1 atom stereocenters. The van der Waals surface area contributed by atoms with Crippen molar-refractivity contribution in [2.75, 3.05) is 5.75 Å². The van der Waals surface area contributed by atoms with Gasteiger partial charge in [0.1, 0.15) is 0 Å². The lowest BCUT2D eigenvalue weighted by molar-refractivity contribution is -0.137. The number of sulfone groups is 1. The summed E-state index contributed by atoms with van der Waals surface area (Å²) < 4.78 is 23.1. The molecule has 7 heteroatoms. The number of hydrogen-bond acceptors (Lipinski definition) is 4. The normalized spacial score (nSPS) is 12.6. The van der Waals surface area contributed by atoms with Crippen molar-refractivity contribution in [2.24, 2.45) is 5.73 Å². The second-order valence-corrected chi connectivity index (χ2v) is 5.96. The number of hydrogen-bond donors (Lipinski definition) is 2. The average molecular weight is 294 g/mol. The number of nitrogens with two attached hydrogens (primary N) is 1. The lowest BCUT2D eigenvalue weighted by atomic mass is 10.1. The minimum absolute atomic E-state index is 0. The van der Waals surface area contributed by atoms with Crippen molar-refractivity contribution in [2.45, 2.75) is 24.3 Å². The van der Waals surface area contributed by atoms with E-state index in [1.807, 2.05) is 0 Å². The van der Waals surface area contributed by atoms with Gasteiger partial charge in [0, 0.05) is 6.04 Å². The van der Waals surface area contributed by atoms with Gasteiger partial charge in [-0.15, -0.1) is 12.4 Å². The Labute approximate surface area is 112 Å². The first kappa shape index (κ1) is 16.9. The van der Waals surface area contributed by atoms with E-state index >= 15 is 0 Å². The molecule has 0 saturated heterocycles. The maximum Gasteiger partial charge on any atom is 0.305 e. The highest BCUT2D eigenvalue weighted by atomic mass is 35.5. The fourth-order valence-corrected chi connectivity index (χ4v) is 2.28. The highest BCUT2D eigenvalue weighted by Gasteiger charge is 2.14. The first-order valence-electron chi connectivity index (χ1n) is 5.17. The topological polar surface area (TPSA) is 97.5 Å². The molecular weight excluding hydrogens is 278 g/mol. The van der Waals surface area contributed by atoms with Crippen LogP contribution in [0.15, 0.2) is 29.2 Å². The van der Waals surface area contributed by atoms with Crippen LogP contribution in [-0.2, 0) is 14.6 Å². The molecule has 1 aromatic carbocycles. The van der Waals surface area contributed by atoms with Gasteiger partial charge in [-0.3, -0.25) is 4.79 Å². The fourth-order valence-electron chi connectivity index (χ4n) is 1.40. The van der Waals surface area contributed by atoms with E-state index in [0.29, 0.717) is 5.56 Å². The Hall–Kier alpha value is -1.11. The molecule has 0 bridgehead atoms. The Morgan fingerprint density at radius 1 is 1.33 bits per heavy atom. The van der Waals surface area contributed by atoms with E-state index in [2.05, 4.69) is 0 Å². The van der Waals surface area contributed by atoms with Crippen LogP contribution in [0.2, 0.25) is 0 Å². The van der Waals surface area contributed by atoms with Gasteiger partial charge in [-0.2, -0.15) is 0 Å². The minimum Gasteiger partial charge on any atom is -0.481 e. The van der Waals surface area contributed by atoms with Crippen LogP contribution in [0.25, 0.3) is 0 Å². The van der Waals surface area contributed by atoms with Gasteiger partial charge in [0.05, 0.1) is 17.1 Å². The summed E-state index contributed by atoms with van der Waals surface area (Å²) in [5, 5.41) is 8.59. The summed E-state index contributed by atoms with van der Waals surface area (Å²) in [7, 11) is -3.22. The van der Waals surface area contributed by atoms with E-state index in [0.717, 1.165) is 0 Å². The number of benzene rings is 1. The first-order chi connectivity index (χ1) is 7.86. The van der Waals surface area contributed by atoms with Gasteiger partial charge in [0.15, 0.2) is 9.84 Å². The van der Waals surface area contributed by atoms with Crippen LogP contribution in [0.1, 0.15) is 24.9 Å². The summed E-state index contributed by atoms with van der Waals surface area (Å²) in [5.41, 5.74) is 6.27. The molecule has 1 aromatic rings. The third-order valence-electron chi connectivity index (χ3n) is 2.44. The van der Waals surface area contributed by atoms with Gasteiger partial charge < -0.3 is 10.8 Å². The van der Waals surface area contributed by atoms with E-state index < -0.39 is 21.8 Å². The smallest absolute Gasteiger partial charge is 0.305 e. The molecule has 0 fully saturated rings. The zero-order valence-corrected chi connectivity index (χ0v) is 11.5. The number of carboxylic acids is 1. The third kappa shape index (κ3) is 4.29. The molecule has 0 aliphatic carbocycles. The van der Waals surface area contributed by atoms with Crippen LogP contribution >= 0.6 is 12.4 Å². The maximum atomic E-state index is 11.5.